The molecule has 1 fully saturated rings. The van der Waals surface area contributed by atoms with Gasteiger partial charge in [-0.05, 0) is 27.2 Å². The molecular weight excluding hydrogens is 264 g/mol. The van der Waals surface area contributed by atoms with Gasteiger partial charge in [0, 0.05) is 20.2 Å². The van der Waals surface area contributed by atoms with Crippen LogP contribution in [0.2, 0.25) is 0 Å². The lowest BCUT2D eigenvalue weighted by molar-refractivity contribution is -0.180. The van der Waals surface area contributed by atoms with Crippen molar-refractivity contribution in [2.24, 2.45) is 0 Å². The van der Waals surface area contributed by atoms with Gasteiger partial charge >= 0.3 is 6.09 Å². The third-order valence-electron chi connectivity index (χ3n) is 2.79. The number of hydrogen-bond donors (Lipinski definition) is 0. The van der Waals surface area contributed by atoms with Crippen molar-refractivity contribution in [1.29, 1.82) is 0 Å². The predicted molar refractivity (Wildman–Crippen MR) is 71.9 cm³/mol. The van der Waals surface area contributed by atoms with Crippen molar-refractivity contribution in [2.45, 2.75) is 38.9 Å². The molecule has 1 rings (SSSR count). The highest BCUT2D eigenvalue weighted by Crippen LogP contribution is 2.14. The molecule has 0 aromatic heterocycles. The molecule has 1 saturated heterocycles. The molecule has 1 unspecified atom stereocenters. The molecule has 1 aliphatic rings. The Balaban J connectivity index is 2.69. The minimum atomic E-state index is -0.727. The number of amides is 2. The molecule has 0 aliphatic carbocycles. The Morgan fingerprint density at radius 1 is 1.35 bits per heavy atom. The van der Waals surface area contributed by atoms with E-state index in [4.69, 9.17) is 14.3 Å². The van der Waals surface area contributed by atoms with Crippen LogP contribution in [0.5, 0.6) is 0 Å². The third-order valence-corrected chi connectivity index (χ3v) is 2.79. The first-order chi connectivity index (χ1) is 9.24. The number of hydroxylamine groups is 2. The molecule has 2 amide bonds. The maximum absolute atomic E-state index is 12.1. The maximum Gasteiger partial charge on any atom is 0.410 e. The number of carbonyl (C=O) groups is 2. The van der Waals surface area contributed by atoms with Gasteiger partial charge in [-0.25, -0.2) is 9.86 Å². The van der Waals surface area contributed by atoms with Crippen LogP contribution >= 0.6 is 0 Å². The summed E-state index contributed by atoms with van der Waals surface area (Å²) in [4.78, 5) is 30.5. The van der Waals surface area contributed by atoms with Crippen LogP contribution in [0.25, 0.3) is 0 Å². The Morgan fingerprint density at radius 3 is 2.55 bits per heavy atom. The normalized spacial score (nSPS) is 20.2. The zero-order valence-corrected chi connectivity index (χ0v) is 12.8. The second-order valence-electron chi connectivity index (χ2n) is 5.66. The Bertz CT molecular complexity index is 353. The molecule has 1 atom stereocenters. The van der Waals surface area contributed by atoms with Crippen molar-refractivity contribution in [3.8, 4) is 0 Å². The second kappa shape index (κ2) is 6.90. The highest BCUT2D eigenvalue weighted by molar-refractivity contribution is 5.81. The fraction of sp³-hybridized carbons (Fsp3) is 0.846. The standard InChI is InChI=1S/C13H24N2O5/c1-13(2,3)20-12(17)15-7-6-8-19-10(9-15)11(16)14(4)18-5/h10H,6-9H2,1-5H3. The molecule has 0 N–H and O–H groups in total. The molecule has 1 heterocycles. The second-order valence-corrected chi connectivity index (χ2v) is 5.66. The minimum Gasteiger partial charge on any atom is -0.444 e. The average Bonchev–Trinajstić information content (AvgIpc) is 2.60. The number of nitrogens with zero attached hydrogens (tertiary/aromatic N) is 2. The van der Waals surface area contributed by atoms with Crippen molar-refractivity contribution in [2.75, 3.05) is 33.9 Å². The number of carbonyl (C=O) groups excluding carboxylic acids is 2. The Morgan fingerprint density at radius 2 is 2.00 bits per heavy atom. The summed E-state index contributed by atoms with van der Waals surface area (Å²) in [6, 6.07) is 0. The Kier molecular flexibility index (Phi) is 5.76. The van der Waals surface area contributed by atoms with Crippen LogP contribution < -0.4 is 0 Å². The molecule has 0 aromatic rings. The first-order valence-corrected chi connectivity index (χ1v) is 6.66. The highest BCUT2D eigenvalue weighted by Gasteiger charge is 2.31. The summed E-state index contributed by atoms with van der Waals surface area (Å²) in [5.74, 6) is -0.317. The van der Waals surface area contributed by atoms with Crippen LogP contribution in [0, 0.1) is 0 Å². The van der Waals surface area contributed by atoms with Gasteiger partial charge in [-0.15, -0.1) is 0 Å². The zero-order chi connectivity index (χ0) is 15.3. The quantitative estimate of drug-likeness (QED) is 0.710. The van der Waals surface area contributed by atoms with Crippen LogP contribution in [0.1, 0.15) is 27.2 Å². The van der Waals surface area contributed by atoms with Gasteiger partial charge in [-0.1, -0.05) is 0 Å². The molecule has 0 radical (unpaired) electrons. The summed E-state index contributed by atoms with van der Waals surface area (Å²) in [6.45, 7) is 6.52. The lowest BCUT2D eigenvalue weighted by Gasteiger charge is -2.28. The summed E-state index contributed by atoms with van der Waals surface area (Å²) < 4.78 is 10.8. The van der Waals surface area contributed by atoms with Crippen molar-refractivity contribution in [3.63, 3.8) is 0 Å². The van der Waals surface area contributed by atoms with E-state index < -0.39 is 17.8 Å². The number of likely N-dealkylation sites (N-methyl/N-ethyl adjacent to an activating group) is 1. The molecule has 7 nitrogen and oxygen atoms in total. The van der Waals surface area contributed by atoms with Gasteiger partial charge in [0.05, 0.1) is 13.7 Å². The van der Waals surface area contributed by atoms with Crippen molar-refractivity contribution < 1.29 is 23.9 Å². The van der Waals surface area contributed by atoms with E-state index in [-0.39, 0.29) is 12.5 Å². The Labute approximate surface area is 119 Å². The topological polar surface area (TPSA) is 68.3 Å². The SMILES string of the molecule is CON(C)C(=O)C1CN(C(=O)OC(C)(C)C)CCCO1. The molecule has 0 saturated carbocycles. The van der Waals surface area contributed by atoms with Crippen molar-refractivity contribution >= 4 is 12.0 Å². The van der Waals surface area contributed by atoms with E-state index in [2.05, 4.69) is 0 Å². The molecule has 0 spiro atoms. The van der Waals surface area contributed by atoms with E-state index in [1.165, 1.54) is 19.1 Å². The fourth-order valence-corrected chi connectivity index (χ4v) is 1.76. The smallest absolute Gasteiger partial charge is 0.410 e. The van der Waals surface area contributed by atoms with E-state index in [1.807, 2.05) is 0 Å². The predicted octanol–water partition coefficient (Wildman–Crippen LogP) is 1.03. The van der Waals surface area contributed by atoms with E-state index in [9.17, 15) is 9.59 Å². The maximum atomic E-state index is 12.1. The molecule has 0 bridgehead atoms. The summed E-state index contributed by atoms with van der Waals surface area (Å²) >= 11 is 0. The molecule has 7 heteroatoms. The largest absolute Gasteiger partial charge is 0.444 e. The zero-order valence-electron chi connectivity index (χ0n) is 12.8. The highest BCUT2D eigenvalue weighted by atomic mass is 16.7. The first-order valence-electron chi connectivity index (χ1n) is 6.66. The van der Waals surface area contributed by atoms with E-state index >= 15 is 0 Å². The van der Waals surface area contributed by atoms with Crippen LogP contribution in [0.4, 0.5) is 4.79 Å². The molecule has 1 aliphatic heterocycles. The molecule has 116 valence electrons. The van der Waals surface area contributed by atoms with Gasteiger partial charge in [0.2, 0.25) is 0 Å². The van der Waals surface area contributed by atoms with Gasteiger partial charge < -0.3 is 14.4 Å². The molecule has 0 aromatic carbocycles. The van der Waals surface area contributed by atoms with Crippen molar-refractivity contribution in [3.05, 3.63) is 0 Å². The van der Waals surface area contributed by atoms with Gasteiger partial charge in [0.25, 0.3) is 5.91 Å². The van der Waals surface area contributed by atoms with Crippen molar-refractivity contribution in [1.82, 2.24) is 9.96 Å². The van der Waals surface area contributed by atoms with Gasteiger partial charge in [0.15, 0.2) is 6.10 Å². The van der Waals surface area contributed by atoms with Gasteiger partial charge in [0.1, 0.15) is 5.60 Å². The summed E-state index contributed by atoms with van der Waals surface area (Å²) in [7, 11) is 2.91. The van der Waals surface area contributed by atoms with E-state index in [0.29, 0.717) is 19.6 Å². The van der Waals surface area contributed by atoms with Crippen LogP contribution in [0.15, 0.2) is 0 Å². The van der Waals surface area contributed by atoms with Crippen LogP contribution in [-0.4, -0.2) is 67.5 Å². The average molecular weight is 288 g/mol. The van der Waals surface area contributed by atoms with Crippen LogP contribution in [-0.2, 0) is 19.1 Å². The third kappa shape index (κ3) is 4.97. The van der Waals surface area contributed by atoms with Gasteiger partial charge in [-0.2, -0.15) is 0 Å². The molecule has 20 heavy (non-hydrogen) atoms. The number of rotatable bonds is 2. The van der Waals surface area contributed by atoms with Gasteiger partial charge in [-0.3, -0.25) is 9.63 Å². The van der Waals surface area contributed by atoms with E-state index in [0.717, 1.165) is 5.06 Å². The summed E-state index contributed by atoms with van der Waals surface area (Å²) in [5.41, 5.74) is -0.562. The first kappa shape index (κ1) is 16.7. The lowest BCUT2D eigenvalue weighted by atomic mass is 10.2. The number of hydrogen-bond acceptors (Lipinski definition) is 5. The Hall–Kier alpha value is -1.34. The lowest BCUT2D eigenvalue weighted by Crippen LogP contribution is -2.46. The van der Waals surface area contributed by atoms with E-state index in [1.54, 1.807) is 20.8 Å². The fourth-order valence-electron chi connectivity index (χ4n) is 1.76. The molecular formula is C13H24N2O5. The van der Waals surface area contributed by atoms with Crippen LogP contribution in [0.3, 0.4) is 0 Å². The monoisotopic (exact) mass is 288 g/mol. The number of ether oxygens (including phenoxy) is 2. The summed E-state index contributed by atoms with van der Waals surface area (Å²) in [5, 5.41) is 1.10. The summed E-state index contributed by atoms with van der Waals surface area (Å²) in [6.07, 6.45) is -0.490. The minimum absolute atomic E-state index is 0.168.